The van der Waals surface area contributed by atoms with Crippen molar-refractivity contribution in [1.29, 1.82) is 0 Å². The van der Waals surface area contributed by atoms with Crippen molar-refractivity contribution in [2.75, 3.05) is 17.6 Å². The molecule has 0 radical (unpaired) electrons. The topological polar surface area (TPSA) is 153 Å². The Morgan fingerprint density at radius 2 is 2.11 bits per heavy atom. The van der Waals surface area contributed by atoms with Crippen LogP contribution in [0.4, 0.5) is 11.4 Å². The fourth-order valence-electron chi connectivity index (χ4n) is 1.30. The first-order chi connectivity index (χ1) is 8.70. The highest BCUT2D eigenvalue weighted by atomic mass is 32.2. The van der Waals surface area contributed by atoms with Gasteiger partial charge in [0, 0.05) is 12.6 Å². The number of carboxylic acids is 1. The molecule has 104 valence electrons. The molecule has 0 aliphatic heterocycles. The van der Waals surface area contributed by atoms with Gasteiger partial charge < -0.3 is 10.4 Å². The highest BCUT2D eigenvalue weighted by Crippen LogP contribution is 2.25. The number of rotatable bonds is 6. The summed E-state index contributed by atoms with van der Waals surface area (Å²) >= 11 is 0. The summed E-state index contributed by atoms with van der Waals surface area (Å²) in [5, 5.41) is 26.8. The number of primary sulfonamides is 1. The second-order valence-electron chi connectivity index (χ2n) is 3.59. The smallest absolute Gasteiger partial charge is 0.335 e. The van der Waals surface area contributed by atoms with Gasteiger partial charge in [0.1, 0.15) is 5.69 Å². The third-order valence-electron chi connectivity index (χ3n) is 2.14. The molecule has 1 rings (SSSR count). The Labute approximate surface area is 108 Å². The minimum absolute atomic E-state index is 0.0754. The van der Waals surface area contributed by atoms with Crippen LogP contribution in [-0.4, -0.2) is 36.7 Å². The van der Waals surface area contributed by atoms with E-state index in [1.807, 2.05) is 0 Å². The molecule has 0 heterocycles. The van der Waals surface area contributed by atoms with Crippen molar-refractivity contribution in [3.63, 3.8) is 0 Å². The van der Waals surface area contributed by atoms with Gasteiger partial charge in [0.15, 0.2) is 0 Å². The van der Waals surface area contributed by atoms with Crippen LogP contribution in [0.25, 0.3) is 0 Å². The SMILES string of the molecule is NS(=O)(=O)CCNc1cc(C(=O)O)ccc1[N+](=O)[O-]. The summed E-state index contributed by atoms with van der Waals surface area (Å²) in [4.78, 5) is 20.8. The Balaban J connectivity index is 2.98. The molecule has 1 aromatic carbocycles. The van der Waals surface area contributed by atoms with E-state index in [1.165, 1.54) is 0 Å². The lowest BCUT2D eigenvalue weighted by Crippen LogP contribution is -2.22. The quantitative estimate of drug-likeness (QED) is 0.491. The van der Waals surface area contributed by atoms with Crippen molar-refractivity contribution < 1.29 is 23.2 Å². The van der Waals surface area contributed by atoms with Gasteiger partial charge in [0.05, 0.1) is 16.2 Å². The van der Waals surface area contributed by atoms with E-state index in [0.29, 0.717) is 0 Å². The summed E-state index contributed by atoms with van der Waals surface area (Å²) in [5.41, 5.74) is -0.573. The Kier molecular flexibility index (Phi) is 4.40. The number of anilines is 1. The summed E-state index contributed by atoms with van der Waals surface area (Å²) in [6.07, 6.45) is 0. The molecule has 0 spiro atoms. The van der Waals surface area contributed by atoms with E-state index in [4.69, 9.17) is 10.2 Å². The van der Waals surface area contributed by atoms with Crippen LogP contribution < -0.4 is 10.5 Å². The van der Waals surface area contributed by atoms with Crippen molar-refractivity contribution in [3.8, 4) is 0 Å². The average molecular weight is 289 g/mol. The van der Waals surface area contributed by atoms with Crippen LogP contribution in [0, 0.1) is 10.1 Å². The molecule has 0 saturated heterocycles. The molecule has 0 fully saturated rings. The number of nitro groups is 1. The van der Waals surface area contributed by atoms with Crippen LogP contribution in [0.5, 0.6) is 0 Å². The number of nitro benzene ring substituents is 1. The minimum Gasteiger partial charge on any atom is -0.478 e. The second kappa shape index (κ2) is 5.63. The van der Waals surface area contributed by atoms with E-state index >= 15 is 0 Å². The first kappa shape index (κ1) is 14.9. The van der Waals surface area contributed by atoms with E-state index < -0.39 is 26.7 Å². The van der Waals surface area contributed by atoms with Crippen LogP contribution in [0.2, 0.25) is 0 Å². The number of nitrogens with zero attached hydrogens (tertiary/aromatic N) is 1. The number of nitrogens with one attached hydrogen (secondary N) is 1. The number of benzene rings is 1. The van der Waals surface area contributed by atoms with Crippen LogP contribution >= 0.6 is 0 Å². The predicted molar refractivity (Wildman–Crippen MR) is 66.5 cm³/mol. The lowest BCUT2D eigenvalue weighted by atomic mass is 10.1. The van der Waals surface area contributed by atoms with Crippen LogP contribution in [0.15, 0.2) is 18.2 Å². The fraction of sp³-hybridized carbons (Fsp3) is 0.222. The number of carboxylic acid groups (broad SMARTS) is 1. The highest BCUT2D eigenvalue weighted by Gasteiger charge is 2.16. The zero-order valence-electron chi connectivity index (χ0n) is 9.57. The standard InChI is InChI=1S/C9H11N3O6S/c10-19(17,18)4-3-11-7-5-6(9(13)14)1-2-8(7)12(15)16/h1-2,5,11H,3-4H2,(H,13,14)(H2,10,17,18). The van der Waals surface area contributed by atoms with E-state index in [1.54, 1.807) is 0 Å². The van der Waals surface area contributed by atoms with Gasteiger partial charge in [-0.1, -0.05) is 0 Å². The summed E-state index contributed by atoms with van der Waals surface area (Å²) in [6.45, 7) is -0.164. The predicted octanol–water partition coefficient (Wildman–Crippen LogP) is -0.00660. The maximum Gasteiger partial charge on any atom is 0.335 e. The molecular formula is C9H11N3O6S. The maximum atomic E-state index is 10.8. The molecular weight excluding hydrogens is 278 g/mol. The normalized spacial score (nSPS) is 11.0. The zero-order chi connectivity index (χ0) is 14.6. The molecule has 0 aliphatic carbocycles. The Hall–Kier alpha value is -2.20. The van der Waals surface area contributed by atoms with Crippen molar-refractivity contribution >= 4 is 27.4 Å². The van der Waals surface area contributed by atoms with Gasteiger partial charge in [-0.25, -0.2) is 18.4 Å². The van der Waals surface area contributed by atoms with Crippen LogP contribution in [-0.2, 0) is 10.0 Å². The highest BCUT2D eigenvalue weighted by molar-refractivity contribution is 7.89. The van der Waals surface area contributed by atoms with Crippen molar-refractivity contribution in [3.05, 3.63) is 33.9 Å². The van der Waals surface area contributed by atoms with Gasteiger partial charge in [-0.05, 0) is 12.1 Å². The number of aromatic carboxylic acids is 1. The molecule has 0 saturated carbocycles. The largest absolute Gasteiger partial charge is 0.478 e. The number of sulfonamides is 1. The van der Waals surface area contributed by atoms with E-state index in [9.17, 15) is 23.3 Å². The number of hydrogen-bond acceptors (Lipinski definition) is 6. The Morgan fingerprint density at radius 3 is 2.58 bits per heavy atom. The van der Waals surface area contributed by atoms with Crippen molar-refractivity contribution in [2.24, 2.45) is 5.14 Å². The van der Waals surface area contributed by atoms with Gasteiger partial charge >= 0.3 is 5.97 Å². The minimum atomic E-state index is -3.70. The van der Waals surface area contributed by atoms with Crippen molar-refractivity contribution in [2.45, 2.75) is 0 Å². The molecule has 10 heteroatoms. The molecule has 1 aromatic rings. The van der Waals surface area contributed by atoms with Crippen LogP contribution in [0.1, 0.15) is 10.4 Å². The summed E-state index contributed by atoms with van der Waals surface area (Å²) in [7, 11) is -3.70. The summed E-state index contributed by atoms with van der Waals surface area (Å²) in [5.74, 6) is -1.68. The first-order valence-corrected chi connectivity index (χ1v) is 6.68. The molecule has 0 bridgehead atoms. The van der Waals surface area contributed by atoms with Crippen LogP contribution in [0.3, 0.4) is 0 Å². The maximum absolute atomic E-state index is 10.8. The number of nitrogens with two attached hydrogens (primary N) is 1. The Bertz CT molecular complexity index is 612. The molecule has 0 aromatic heterocycles. The zero-order valence-corrected chi connectivity index (χ0v) is 10.4. The molecule has 0 unspecified atom stereocenters. The molecule has 0 amide bonds. The van der Waals surface area contributed by atoms with Gasteiger partial charge in [-0.3, -0.25) is 10.1 Å². The molecule has 9 nitrogen and oxygen atoms in total. The van der Waals surface area contributed by atoms with Gasteiger partial charge in [0.2, 0.25) is 10.0 Å². The van der Waals surface area contributed by atoms with E-state index in [-0.39, 0.29) is 23.5 Å². The summed E-state index contributed by atoms with van der Waals surface area (Å²) < 4.78 is 21.5. The third-order valence-corrected chi connectivity index (χ3v) is 2.92. The van der Waals surface area contributed by atoms with E-state index in [2.05, 4.69) is 5.32 Å². The monoisotopic (exact) mass is 289 g/mol. The Morgan fingerprint density at radius 1 is 1.47 bits per heavy atom. The average Bonchev–Trinajstić information content (AvgIpc) is 2.26. The molecule has 19 heavy (non-hydrogen) atoms. The molecule has 4 N–H and O–H groups in total. The number of carbonyl (C=O) groups is 1. The first-order valence-electron chi connectivity index (χ1n) is 4.97. The number of hydrogen-bond donors (Lipinski definition) is 3. The molecule has 0 aliphatic rings. The van der Waals surface area contributed by atoms with Gasteiger partial charge in [-0.15, -0.1) is 0 Å². The lowest BCUT2D eigenvalue weighted by molar-refractivity contribution is -0.384. The van der Waals surface area contributed by atoms with E-state index in [0.717, 1.165) is 18.2 Å². The molecule has 0 atom stereocenters. The lowest BCUT2D eigenvalue weighted by Gasteiger charge is -2.07. The van der Waals surface area contributed by atoms with Gasteiger partial charge in [0.25, 0.3) is 5.69 Å². The van der Waals surface area contributed by atoms with Gasteiger partial charge in [-0.2, -0.15) is 0 Å². The second-order valence-corrected chi connectivity index (χ2v) is 5.32. The third kappa shape index (κ3) is 4.52. The summed E-state index contributed by atoms with van der Waals surface area (Å²) in [6, 6.07) is 3.18. The fourth-order valence-corrected chi connectivity index (χ4v) is 1.68. The van der Waals surface area contributed by atoms with Crippen molar-refractivity contribution in [1.82, 2.24) is 0 Å².